The predicted octanol–water partition coefficient (Wildman–Crippen LogP) is 3.89. The van der Waals surface area contributed by atoms with Crippen molar-refractivity contribution in [1.82, 2.24) is 35.3 Å². The number of rotatable bonds is 8. The second-order valence-corrected chi connectivity index (χ2v) is 10.4. The fourth-order valence-electron chi connectivity index (χ4n) is 4.93. The largest absolute Gasteiger partial charge is 0.394 e. The first-order valence-corrected chi connectivity index (χ1v) is 13.6. The van der Waals surface area contributed by atoms with Crippen molar-refractivity contribution in [2.24, 2.45) is 0 Å². The van der Waals surface area contributed by atoms with Crippen molar-refractivity contribution in [2.45, 2.75) is 32.5 Å². The summed E-state index contributed by atoms with van der Waals surface area (Å²) in [6.45, 7) is 3.61. The maximum Gasteiger partial charge on any atom is 0.346 e. The Labute approximate surface area is 245 Å². The van der Waals surface area contributed by atoms with E-state index in [0.29, 0.717) is 27.9 Å². The van der Waals surface area contributed by atoms with Crippen LogP contribution in [0.25, 0.3) is 22.3 Å². The van der Waals surface area contributed by atoms with E-state index in [1.807, 2.05) is 55.5 Å². The third kappa shape index (κ3) is 5.15. The van der Waals surface area contributed by atoms with Gasteiger partial charge in [0.15, 0.2) is 0 Å². The van der Waals surface area contributed by atoms with E-state index in [0.717, 1.165) is 16.7 Å². The van der Waals surface area contributed by atoms with Gasteiger partial charge in [0.05, 0.1) is 29.6 Å². The molecule has 5 aromatic rings. The number of nitrogens with one attached hydrogen (secondary N) is 1. The fourth-order valence-corrected chi connectivity index (χ4v) is 5.13. The molecule has 1 unspecified atom stereocenters. The minimum absolute atomic E-state index is 0.00385. The number of fused-ring (bicyclic) bond motifs is 2. The molecule has 0 radical (unpaired) electrons. The number of nitrogens with zero attached hydrogens (tertiary/aromatic N) is 6. The van der Waals surface area contributed by atoms with Gasteiger partial charge in [-0.3, -0.25) is 9.59 Å². The Balaban J connectivity index is 1.20. The lowest BCUT2D eigenvalue weighted by Gasteiger charge is -2.26. The lowest BCUT2D eigenvalue weighted by Crippen LogP contribution is -2.46. The summed E-state index contributed by atoms with van der Waals surface area (Å²) in [5.74, 6) is -0.653. The smallest absolute Gasteiger partial charge is 0.346 e. The first-order valence-electron chi connectivity index (χ1n) is 13.3. The fraction of sp³-hybridized carbons (Fsp3) is 0.200. The molecule has 0 spiro atoms. The standard InChI is InChI=1S/C30H26ClN7O4/c1-17-6-5-7-19(12-17)25(16-39)33-28(40)18(2)37-15-21-11-10-20(13-22(21)29(37)41)27-23(31)14-32-30(34-27)42-38-26-9-4-3-8-24(26)35-36-38/h3-14,18,25,39H,15-16H2,1-2H3,(H,33,40)/t18?,25-/m1/s1. The zero-order valence-corrected chi connectivity index (χ0v) is 23.5. The minimum atomic E-state index is -0.771. The molecule has 0 saturated heterocycles. The van der Waals surface area contributed by atoms with Crippen LogP contribution in [-0.4, -0.2) is 59.6 Å². The van der Waals surface area contributed by atoms with E-state index in [-0.39, 0.29) is 36.0 Å². The topological polar surface area (TPSA) is 135 Å². The molecule has 3 aromatic carbocycles. The van der Waals surface area contributed by atoms with E-state index >= 15 is 0 Å². The predicted molar refractivity (Wildman–Crippen MR) is 155 cm³/mol. The summed E-state index contributed by atoms with van der Waals surface area (Å²) >= 11 is 6.45. The molecule has 2 amide bonds. The molecule has 11 nitrogen and oxygen atoms in total. The van der Waals surface area contributed by atoms with Crippen LogP contribution in [-0.2, 0) is 11.3 Å². The van der Waals surface area contributed by atoms with Crippen molar-refractivity contribution < 1.29 is 19.5 Å². The van der Waals surface area contributed by atoms with Crippen LogP contribution in [0.3, 0.4) is 0 Å². The van der Waals surface area contributed by atoms with Gasteiger partial charge >= 0.3 is 6.01 Å². The zero-order chi connectivity index (χ0) is 29.4. The lowest BCUT2D eigenvalue weighted by molar-refractivity contribution is -0.126. The van der Waals surface area contributed by atoms with Gasteiger partial charge in [0.1, 0.15) is 17.1 Å². The Morgan fingerprint density at radius 3 is 2.79 bits per heavy atom. The van der Waals surface area contributed by atoms with Crippen LogP contribution < -0.4 is 10.2 Å². The second-order valence-electron chi connectivity index (χ2n) is 10.0. The molecule has 2 N–H and O–H groups in total. The van der Waals surface area contributed by atoms with Crippen molar-refractivity contribution in [1.29, 1.82) is 0 Å². The highest BCUT2D eigenvalue weighted by molar-refractivity contribution is 6.32. The molecule has 2 atom stereocenters. The normalized spacial score (nSPS) is 14.1. The van der Waals surface area contributed by atoms with Crippen molar-refractivity contribution in [3.63, 3.8) is 0 Å². The number of carbonyl (C=O) groups excluding carboxylic acids is 2. The van der Waals surface area contributed by atoms with Crippen LogP contribution in [0.1, 0.15) is 40.0 Å². The number of para-hydroxylation sites is 1. The summed E-state index contributed by atoms with van der Waals surface area (Å²) in [6, 6.07) is 18.8. The van der Waals surface area contributed by atoms with Crippen molar-refractivity contribution in [3.05, 3.63) is 100 Å². The lowest BCUT2D eigenvalue weighted by atomic mass is 10.0. The van der Waals surface area contributed by atoms with Crippen molar-refractivity contribution >= 4 is 34.4 Å². The number of carbonyl (C=O) groups is 2. The summed E-state index contributed by atoms with van der Waals surface area (Å²) < 4.78 is 0. The van der Waals surface area contributed by atoms with E-state index in [1.54, 1.807) is 25.1 Å². The third-order valence-corrected chi connectivity index (χ3v) is 7.49. The first kappa shape index (κ1) is 27.3. The average Bonchev–Trinajstić information content (AvgIpc) is 3.56. The summed E-state index contributed by atoms with van der Waals surface area (Å²) in [7, 11) is 0. The molecule has 0 fully saturated rings. The van der Waals surface area contributed by atoms with Gasteiger partial charge in [-0.15, -0.1) is 5.10 Å². The maximum absolute atomic E-state index is 13.5. The Bertz CT molecular complexity index is 1830. The van der Waals surface area contributed by atoms with Crippen molar-refractivity contribution in [2.75, 3.05) is 6.61 Å². The van der Waals surface area contributed by atoms with Crippen LogP contribution >= 0.6 is 11.6 Å². The van der Waals surface area contributed by atoms with Crippen LogP contribution in [0, 0.1) is 6.92 Å². The molecule has 3 heterocycles. The number of amides is 2. The van der Waals surface area contributed by atoms with Gasteiger partial charge in [-0.2, -0.15) is 4.98 Å². The van der Waals surface area contributed by atoms with Gasteiger partial charge in [-0.05, 0) is 48.4 Å². The van der Waals surface area contributed by atoms with Crippen LogP contribution in [0.2, 0.25) is 5.02 Å². The highest BCUT2D eigenvalue weighted by Gasteiger charge is 2.35. The van der Waals surface area contributed by atoms with Gasteiger partial charge in [-0.1, -0.05) is 70.5 Å². The Morgan fingerprint density at radius 1 is 1.14 bits per heavy atom. The molecule has 0 saturated carbocycles. The van der Waals surface area contributed by atoms with Crippen LogP contribution in [0.5, 0.6) is 6.01 Å². The van der Waals surface area contributed by atoms with E-state index < -0.39 is 12.1 Å². The number of aliphatic hydroxyl groups is 1. The van der Waals surface area contributed by atoms with E-state index in [1.165, 1.54) is 15.9 Å². The van der Waals surface area contributed by atoms with Gasteiger partial charge in [0.2, 0.25) is 5.91 Å². The molecule has 212 valence electrons. The SMILES string of the molecule is Cc1cccc([C@@H](CO)NC(=O)C(C)N2Cc3ccc(-c4nc(On5nnc6ccccc65)ncc4Cl)cc3C2=O)c1. The molecule has 42 heavy (non-hydrogen) atoms. The summed E-state index contributed by atoms with van der Waals surface area (Å²) in [6.07, 6.45) is 1.41. The first-order chi connectivity index (χ1) is 20.3. The maximum atomic E-state index is 13.5. The number of aryl methyl sites for hydroxylation is 1. The summed E-state index contributed by atoms with van der Waals surface area (Å²) in [4.78, 5) is 43.7. The molecule has 12 heteroatoms. The zero-order valence-electron chi connectivity index (χ0n) is 22.7. The molecule has 1 aliphatic heterocycles. The molecular weight excluding hydrogens is 558 g/mol. The van der Waals surface area contributed by atoms with Gasteiger partial charge in [0, 0.05) is 17.7 Å². The Kier molecular flexibility index (Phi) is 7.27. The minimum Gasteiger partial charge on any atom is -0.394 e. The van der Waals surface area contributed by atoms with E-state index in [9.17, 15) is 14.7 Å². The summed E-state index contributed by atoms with van der Waals surface area (Å²) in [5, 5.41) is 21.1. The molecular formula is C30H26ClN7O4. The number of aliphatic hydroxyl groups excluding tert-OH is 1. The highest BCUT2D eigenvalue weighted by atomic mass is 35.5. The van der Waals surface area contributed by atoms with Gasteiger partial charge in [0.25, 0.3) is 5.91 Å². The Morgan fingerprint density at radius 2 is 1.98 bits per heavy atom. The quantitative estimate of drug-likeness (QED) is 0.281. The van der Waals surface area contributed by atoms with E-state index in [2.05, 4.69) is 25.6 Å². The second kappa shape index (κ2) is 11.2. The number of hydrogen-bond acceptors (Lipinski definition) is 8. The van der Waals surface area contributed by atoms with Crippen LogP contribution in [0.15, 0.2) is 72.9 Å². The Hall–Kier alpha value is -4.87. The number of halogens is 1. The third-order valence-electron chi connectivity index (χ3n) is 7.22. The number of benzene rings is 3. The molecule has 6 rings (SSSR count). The molecule has 0 bridgehead atoms. The monoisotopic (exact) mass is 583 g/mol. The van der Waals surface area contributed by atoms with Crippen LogP contribution in [0.4, 0.5) is 0 Å². The molecule has 1 aliphatic rings. The molecule has 2 aromatic heterocycles. The molecule has 0 aliphatic carbocycles. The van der Waals surface area contributed by atoms with Crippen molar-refractivity contribution in [3.8, 4) is 17.3 Å². The number of hydrogen-bond donors (Lipinski definition) is 2. The summed E-state index contributed by atoms with van der Waals surface area (Å²) in [5.41, 5.74) is 5.28. The van der Waals surface area contributed by atoms with E-state index in [4.69, 9.17) is 16.4 Å². The van der Waals surface area contributed by atoms with Gasteiger partial charge in [-0.25, -0.2) is 4.98 Å². The average molecular weight is 584 g/mol. The highest BCUT2D eigenvalue weighted by Crippen LogP contribution is 2.32. The van der Waals surface area contributed by atoms with Gasteiger partial charge < -0.3 is 20.2 Å². The number of aromatic nitrogens is 5.